The molecule has 0 N–H and O–H groups in total. The Morgan fingerprint density at radius 3 is 2.30 bits per heavy atom. The Kier molecular flexibility index (Phi) is 10.6. The topological polar surface area (TPSA) is 108 Å². The first kappa shape index (κ1) is 36.4. The van der Waals surface area contributed by atoms with Gasteiger partial charge in [0.2, 0.25) is 5.91 Å². The van der Waals surface area contributed by atoms with Crippen LogP contribution in [0.3, 0.4) is 0 Å². The maximum atomic E-state index is 13.6. The van der Waals surface area contributed by atoms with Crippen molar-refractivity contribution < 1.29 is 19.1 Å². The summed E-state index contributed by atoms with van der Waals surface area (Å²) in [6.07, 6.45) is 4.25. The average Bonchev–Trinajstić information content (AvgIpc) is 3.08. The van der Waals surface area contributed by atoms with Gasteiger partial charge in [0.1, 0.15) is 23.1 Å². The van der Waals surface area contributed by atoms with E-state index in [1.165, 1.54) is 5.56 Å². The minimum atomic E-state index is -0.284. The zero-order valence-electron chi connectivity index (χ0n) is 30.8. The molecule has 2 aliphatic heterocycles. The van der Waals surface area contributed by atoms with Crippen molar-refractivity contribution in [2.24, 2.45) is 12.5 Å². The quantitative estimate of drug-likeness (QED) is 0.230. The van der Waals surface area contributed by atoms with E-state index in [2.05, 4.69) is 23.1 Å². The number of hydrogen-bond acceptors (Lipinski definition) is 7. The first-order chi connectivity index (χ1) is 23.7. The number of aryl methyl sites for hydroxylation is 1. The van der Waals surface area contributed by atoms with Crippen molar-refractivity contribution >= 4 is 11.8 Å². The molecule has 10 nitrogen and oxygen atoms in total. The first-order valence-corrected chi connectivity index (χ1v) is 17.1. The Morgan fingerprint density at radius 1 is 1.02 bits per heavy atom. The van der Waals surface area contributed by atoms with Crippen molar-refractivity contribution in [2.45, 2.75) is 67.1 Å². The highest BCUT2D eigenvalue weighted by molar-refractivity contribution is 5.97. The van der Waals surface area contributed by atoms with Crippen LogP contribution in [0.25, 0.3) is 11.1 Å². The van der Waals surface area contributed by atoms with Crippen LogP contribution in [0.5, 0.6) is 11.5 Å². The normalized spacial score (nSPS) is 17.0. The summed E-state index contributed by atoms with van der Waals surface area (Å²) in [5.41, 5.74) is 7.49. The highest BCUT2D eigenvalue weighted by Gasteiger charge is 2.33. The van der Waals surface area contributed by atoms with Gasteiger partial charge >= 0.3 is 0 Å². The van der Waals surface area contributed by atoms with E-state index < -0.39 is 0 Å². The van der Waals surface area contributed by atoms with Gasteiger partial charge < -0.3 is 23.8 Å². The maximum absolute atomic E-state index is 13.6. The number of fused-ring (bicyclic) bond motifs is 1. The molecule has 1 aromatic heterocycles. The number of piperazine rings is 1. The fraction of sp³-hybridized carbons (Fsp3) is 0.450. The van der Waals surface area contributed by atoms with Gasteiger partial charge in [0.25, 0.3) is 11.5 Å². The van der Waals surface area contributed by atoms with Crippen molar-refractivity contribution in [2.75, 3.05) is 40.4 Å². The predicted octanol–water partition coefficient (Wildman–Crippen LogP) is 5.47. The van der Waals surface area contributed by atoms with E-state index in [0.717, 1.165) is 33.4 Å². The fourth-order valence-corrected chi connectivity index (χ4v) is 7.15. The number of aromatic nitrogens is 1. The lowest BCUT2D eigenvalue weighted by molar-refractivity contribution is -0.137. The van der Waals surface area contributed by atoms with E-state index >= 15 is 0 Å². The van der Waals surface area contributed by atoms with Gasteiger partial charge in [-0.25, -0.2) is 0 Å². The van der Waals surface area contributed by atoms with Crippen molar-refractivity contribution in [3.8, 4) is 28.7 Å². The molecule has 1 saturated heterocycles. The Hall–Kier alpha value is -4.88. The predicted molar refractivity (Wildman–Crippen MR) is 194 cm³/mol. The molecular formula is C40H49N5O5. The zero-order valence-corrected chi connectivity index (χ0v) is 30.8. The van der Waals surface area contributed by atoms with Crippen LogP contribution < -0.4 is 15.0 Å². The van der Waals surface area contributed by atoms with Crippen LogP contribution in [0.15, 0.2) is 53.0 Å². The zero-order chi connectivity index (χ0) is 36.5. The van der Waals surface area contributed by atoms with Gasteiger partial charge in [0, 0.05) is 57.1 Å². The minimum absolute atomic E-state index is 0.0229. The molecule has 0 aliphatic carbocycles. The van der Waals surface area contributed by atoms with E-state index in [9.17, 15) is 19.6 Å². The third kappa shape index (κ3) is 7.34. The molecule has 3 heterocycles. The van der Waals surface area contributed by atoms with Crippen LogP contribution in [0.2, 0.25) is 0 Å². The molecule has 1 atom stereocenters. The number of pyridine rings is 1. The molecule has 0 saturated carbocycles. The smallest absolute Gasteiger partial charge is 0.264 e. The van der Waals surface area contributed by atoms with Crippen molar-refractivity contribution in [1.82, 2.24) is 19.3 Å². The van der Waals surface area contributed by atoms with Crippen LogP contribution in [0.1, 0.15) is 67.1 Å². The molecule has 50 heavy (non-hydrogen) atoms. The summed E-state index contributed by atoms with van der Waals surface area (Å²) in [6.45, 7) is 14.7. The molecule has 0 radical (unpaired) electrons. The summed E-state index contributed by atoms with van der Waals surface area (Å²) >= 11 is 0. The standard InChI is InChI=1S/C40H49N5O5/c1-25-26(2)38(47)42(7)22-33(25)29-17-35(49-8)34(36(18-29)50-9)23-43-15-16-44(37(46)24-43)21-28-11-10-12-31-27(3)45(14-13-32(28)31)39(48)30(20-41)19-40(4,5)6/h10-12,17-19,22,27H,13-16,21,23-24H2,1-9H3. The Balaban J connectivity index is 1.30. The number of rotatable bonds is 8. The summed E-state index contributed by atoms with van der Waals surface area (Å²) in [5.74, 6) is 1.13. The van der Waals surface area contributed by atoms with E-state index in [1.54, 1.807) is 36.8 Å². The third-order valence-electron chi connectivity index (χ3n) is 10.0. The number of methoxy groups -OCH3 is 2. The molecule has 2 aromatic carbocycles. The SMILES string of the molecule is COc1cc(-c2cn(C)c(=O)c(C)c2C)cc(OC)c1CN1CCN(Cc2cccc3c2CCN(C(=O)C(C#N)=CC(C)(C)C)C3C)C(=O)C1. The van der Waals surface area contributed by atoms with Crippen molar-refractivity contribution in [3.05, 3.63) is 91.9 Å². The molecule has 10 heteroatoms. The van der Waals surface area contributed by atoms with Gasteiger partial charge in [-0.3, -0.25) is 19.3 Å². The monoisotopic (exact) mass is 679 g/mol. The van der Waals surface area contributed by atoms with E-state index in [-0.39, 0.29) is 40.9 Å². The van der Waals surface area contributed by atoms with E-state index in [0.29, 0.717) is 56.2 Å². The Morgan fingerprint density at radius 2 is 1.70 bits per heavy atom. The molecule has 264 valence electrons. The maximum Gasteiger partial charge on any atom is 0.264 e. The number of carbonyl (C=O) groups excluding carboxylic acids is 2. The average molecular weight is 680 g/mol. The number of amides is 2. The molecule has 0 spiro atoms. The molecule has 2 aliphatic rings. The number of allylic oxidation sites excluding steroid dienone is 1. The number of carbonyl (C=O) groups is 2. The Labute approximate surface area is 295 Å². The molecule has 3 aromatic rings. The summed E-state index contributed by atoms with van der Waals surface area (Å²) < 4.78 is 13.3. The second-order valence-corrected chi connectivity index (χ2v) is 14.5. The van der Waals surface area contributed by atoms with E-state index in [4.69, 9.17) is 9.47 Å². The first-order valence-electron chi connectivity index (χ1n) is 17.1. The highest BCUT2D eigenvalue weighted by Crippen LogP contribution is 2.38. The summed E-state index contributed by atoms with van der Waals surface area (Å²) in [6, 6.07) is 12.0. The second-order valence-electron chi connectivity index (χ2n) is 14.5. The van der Waals surface area contributed by atoms with Crippen LogP contribution in [0.4, 0.5) is 0 Å². The van der Waals surface area contributed by atoms with Gasteiger partial charge in [-0.15, -0.1) is 0 Å². The lowest BCUT2D eigenvalue weighted by atomic mass is 9.88. The van der Waals surface area contributed by atoms with Crippen LogP contribution in [-0.2, 0) is 36.1 Å². The molecular weight excluding hydrogens is 630 g/mol. The van der Waals surface area contributed by atoms with E-state index in [1.807, 2.05) is 70.8 Å². The van der Waals surface area contributed by atoms with Gasteiger partial charge in [0.05, 0.1) is 32.4 Å². The fourth-order valence-electron chi connectivity index (χ4n) is 7.15. The van der Waals surface area contributed by atoms with Gasteiger partial charge in [-0.2, -0.15) is 5.26 Å². The lowest BCUT2D eigenvalue weighted by Crippen LogP contribution is -2.49. The molecule has 5 rings (SSSR count). The second kappa shape index (κ2) is 14.5. The van der Waals surface area contributed by atoms with Gasteiger partial charge in [-0.1, -0.05) is 45.0 Å². The number of nitriles is 1. The number of nitrogens with zero attached hydrogens (tertiary/aromatic N) is 5. The van der Waals surface area contributed by atoms with Crippen LogP contribution >= 0.6 is 0 Å². The number of benzene rings is 2. The van der Waals surface area contributed by atoms with Crippen LogP contribution in [0, 0.1) is 30.6 Å². The van der Waals surface area contributed by atoms with Gasteiger partial charge in [0.15, 0.2) is 0 Å². The largest absolute Gasteiger partial charge is 0.496 e. The Bertz CT molecular complexity index is 1920. The van der Waals surface area contributed by atoms with Crippen molar-refractivity contribution in [3.63, 3.8) is 0 Å². The van der Waals surface area contributed by atoms with Crippen molar-refractivity contribution in [1.29, 1.82) is 5.26 Å². The molecule has 0 bridgehead atoms. The van der Waals surface area contributed by atoms with Crippen LogP contribution in [-0.4, -0.2) is 71.5 Å². The summed E-state index contributed by atoms with van der Waals surface area (Å²) in [7, 11) is 5.01. The number of ether oxygens (including phenoxy) is 2. The molecule has 2 amide bonds. The summed E-state index contributed by atoms with van der Waals surface area (Å²) in [4.78, 5) is 45.3. The minimum Gasteiger partial charge on any atom is -0.496 e. The molecule has 1 fully saturated rings. The number of hydrogen-bond donors (Lipinski definition) is 0. The molecule has 1 unspecified atom stereocenters. The summed E-state index contributed by atoms with van der Waals surface area (Å²) in [5, 5.41) is 9.74. The highest BCUT2D eigenvalue weighted by atomic mass is 16.5. The lowest BCUT2D eigenvalue weighted by Gasteiger charge is -2.38. The third-order valence-corrected chi connectivity index (χ3v) is 10.0. The van der Waals surface area contributed by atoms with Gasteiger partial charge in [-0.05, 0) is 72.6 Å².